The number of benzene rings is 1. The smallest absolute Gasteiger partial charge is 0.141 e. The molecule has 0 atom stereocenters. The molecule has 1 heterocycles. The van der Waals surface area contributed by atoms with Gasteiger partial charge in [0, 0.05) is 24.8 Å². The lowest BCUT2D eigenvalue weighted by atomic mass is 10.3. The van der Waals surface area contributed by atoms with Gasteiger partial charge < -0.3 is 10.1 Å². The molecule has 1 aromatic heterocycles. The van der Waals surface area contributed by atoms with Crippen LogP contribution < -0.4 is 10.1 Å². The molecule has 0 unspecified atom stereocenters. The molecule has 0 aliphatic rings. The highest BCUT2D eigenvalue weighted by Gasteiger charge is 2.04. The maximum Gasteiger partial charge on any atom is 0.141 e. The van der Waals surface area contributed by atoms with E-state index in [2.05, 4.69) is 45.4 Å². The van der Waals surface area contributed by atoms with E-state index in [-0.39, 0.29) is 5.82 Å². The third-order valence-corrected chi connectivity index (χ3v) is 3.40. The van der Waals surface area contributed by atoms with Gasteiger partial charge in [-0.1, -0.05) is 19.1 Å². The van der Waals surface area contributed by atoms with Crippen LogP contribution in [0.25, 0.3) is 0 Å². The average Bonchev–Trinajstić information content (AvgIpc) is 2.88. The lowest BCUT2D eigenvalue weighted by molar-refractivity contribution is 0.288. The van der Waals surface area contributed by atoms with Crippen molar-refractivity contribution in [3.05, 3.63) is 40.4 Å². The number of hydrogen-bond donors (Lipinski definition) is 1. The number of rotatable bonds is 7. The van der Waals surface area contributed by atoms with Crippen LogP contribution in [0.15, 0.2) is 28.9 Å². The number of nitrogens with one attached hydrogen (secondary N) is 1. The summed E-state index contributed by atoms with van der Waals surface area (Å²) in [5, 5.41) is 11.4. The Balaban J connectivity index is 1.79. The van der Waals surface area contributed by atoms with E-state index in [1.54, 1.807) is 16.8 Å². The molecule has 21 heavy (non-hydrogen) atoms. The zero-order valence-corrected chi connectivity index (χ0v) is 13.6. The molecule has 0 amide bonds. The Morgan fingerprint density at radius 3 is 2.95 bits per heavy atom. The normalized spacial score (nSPS) is 11.1. The predicted octanol–water partition coefficient (Wildman–Crippen LogP) is 2.76. The van der Waals surface area contributed by atoms with E-state index in [0.717, 1.165) is 5.69 Å². The highest BCUT2D eigenvalue weighted by atomic mass is 79.9. The van der Waals surface area contributed by atoms with Crippen LogP contribution in [0.2, 0.25) is 0 Å². The van der Waals surface area contributed by atoms with Crippen molar-refractivity contribution in [2.45, 2.75) is 33.0 Å². The fraction of sp³-hybridized carbons (Fsp3) is 0.429. The van der Waals surface area contributed by atoms with Gasteiger partial charge in [0.1, 0.15) is 18.2 Å². The molecule has 0 aliphatic carbocycles. The predicted molar refractivity (Wildman–Crippen MR) is 81.6 cm³/mol. The topological polar surface area (TPSA) is 52.0 Å². The Hall–Kier alpha value is -1.47. The molecule has 7 heteroatoms. The van der Waals surface area contributed by atoms with Gasteiger partial charge in [0.2, 0.25) is 0 Å². The van der Waals surface area contributed by atoms with Crippen LogP contribution in [0, 0.1) is 5.82 Å². The van der Waals surface area contributed by atoms with E-state index in [1.807, 2.05) is 6.20 Å². The Morgan fingerprint density at radius 1 is 1.43 bits per heavy atom. The molecule has 0 bridgehead atoms. The Labute approximate surface area is 131 Å². The molecule has 0 saturated heterocycles. The lowest BCUT2D eigenvalue weighted by Crippen LogP contribution is -2.21. The van der Waals surface area contributed by atoms with Gasteiger partial charge in [0.25, 0.3) is 0 Å². The van der Waals surface area contributed by atoms with Crippen LogP contribution in [-0.4, -0.2) is 27.6 Å². The van der Waals surface area contributed by atoms with E-state index in [1.165, 1.54) is 6.07 Å². The molecule has 0 fully saturated rings. The Kier molecular flexibility index (Phi) is 5.69. The summed E-state index contributed by atoms with van der Waals surface area (Å²) in [4.78, 5) is 0. The first-order chi connectivity index (χ1) is 10.0. The zero-order chi connectivity index (χ0) is 15.2. The van der Waals surface area contributed by atoms with Gasteiger partial charge in [-0.15, -0.1) is 5.10 Å². The van der Waals surface area contributed by atoms with Gasteiger partial charge in [-0.3, -0.25) is 0 Å². The minimum Gasteiger partial charge on any atom is -0.492 e. The summed E-state index contributed by atoms with van der Waals surface area (Å²) in [5.41, 5.74) is 0.887. The maximum absolute atomic E-state index is 13.3. The third-order valence-electron chi connectivity index (χ3n) is 2.76. The Morgan fingerprint density at radius 2 is 2.24 bits per heavy atom. The quantitative estimate of drug-likeness (QED) is 0.828. The van der Waals surface area contributed by atoms with Crippen LogP contribution in [0.1, 0.15) is 19.5 Å². The molecule has 2 rings (SSSR count). The zero-order valence-electron chi connectivity index (χ0n) is 12.0. The van der Waals surface area contributed by atoms with Crippen molar-refractivity contribution in [3.8, 4) is 5.75 Å². The summed E-state index contributed by atoms with van der Waals surface area (Å²) < 4.78 is 20.9. The minimum absolute atomic E-state index is 0.338. The summed E-state index contributed by atoms with van der Waals surface area (Å²) in [6, 6.07) is 5.09. The minimum atomic E-state index is -0.338. The van der Waals surface area contributed by atoms with E-state index < -0.39 is 0 Å². The first-order valence-corrected chi connectivity index (χ1v) is 7.54. The molecule has 5 nitrogen and oxygen atoms in total. The third kappa shape index (κ3) is 5.09. The van der Waals surface area contributed by atoms with Gasteiger partial charge in [-0.05, 0) is 28.1 Å². The lowest BCUT2D eigenvalue weighted by Gasteiger charge is -2.06. The van der Waals surface area contributed by atoms with Crippen molar-refractivity contribution in [2.75, 3.05) is 6.61 Å². The largest absolute Gasteiger partial charge is 0.492 e. The van der Waals surface area contributed by atoms with E-state index >= 15 is 0 Å². The molecule has 1 aromatic carbocycles. The van der Waals surface area contributed by atoms with Gasteiger partial charge in [0.15, 0.2) is 0 Å². The molecule has 0 radical (unpaired) electrons. The van der Waals surface area contributed by atoms with Crippen LogP contribution in [0.4, 0.5) is 4.39 Å². The summed E-state index contributed by atoms with van der Waals surface area (Å²) >= 11 is 3.10. The standard InChI is InChI=1S/C14H18BrFN4O/c1-10(2)17-8-11-9-20(19-18-11)5-6-21-12-3-4-13(15)14(16)7-12/h3-4,7,9-10,17H,5-6,8H2,1-2H3. The second-order valence-electron chi connectivity index (χ2n) is 4.93. The summed E-state index contributed by atoms with van der Waals surface area (Å²) in [7, 11) is 0. The summed E-state index contributed by atoms with van der Waals surface area (Å²) in [6.45, 7) is 5.81. The highest BCUT2D eigenvalue weighted by Crippen LogP contribution is 2.20. The Bertz CT molecular complexity index is 588. The van der Waals surface area contributed by atoms with Crippen molar-refractivity contribution in [1.29, 1.82) is 0 Å². The number of hydrogen-bond acceptors (Lipinski definition) is 4. The molecule has 0 spiro atoms. The van der Waals surface area contributed by atoms with Crippen molar-refractivity contribution < 1.29 is 9.13 Å². The first kappa shape index (κ1) is 15.9. The van der Waals surface area contributed by atoms with Crippen LogP contribution in [-0.2, 0) is 13.1 Å². The van der Waals surface area contributed by atoms with Crippen LogP contribution in [0.5, 0.6) is 5.75 Å². The number of ether oxygens (including phenoxy) is 1. The second kappa shape index (κ2) is 7.51. The number of halogens is 2. The maximum atomic E-state index is 13.3. The van der Waals surface area contributed by atoms with Crippen LogP contribution in [0.3, 0.4) is 0 Å². The SMILES string of the molecule is CC(C)NCc1cn(CCOc2ccc(Br)c(F)c2)nn1. The first-order valence-electron chi connectivity index (χ1n) is 6.75. The monoisotopic (exact) mass is 356 g/mol. The highest BCUT2D eigenvalue weighted by molar-refractivity contribution is 9.10. The van der Waals surface area contributed by atoms with E-state index in [9.17, 15) is 4.39 Å². The van der Waals surface area contributed by atoms with Crippen LogP contribution >= 0.6 is 15.9 Å². The molecule has 1 N–H and O–H groups in total. The van der Waals surface area contributed by atoms with Gasteiger partial charge in [-0.2, -0.15) is 0 Å². The van der Waals surface area contributed by atoms with Crippen molar-refractivity contribution >= 4 is 15.9 Å². The van der Waals surface area contributed by atoms with Gasteiger partial charge in [0.05, 0.1) is 16.7 Å². The van der Waals surface area contributed by atoms with Crippen molar-refractivity contribution in [1.82, 2.24) is 20.3 Å². The molecular formula is C14H18BrFN4O. The van der Waals surface area contributed by atoms with Gasteiger partial charge in [-0.25, -0.2) is 9.07 Å². The summed E-state index contributed by atoms with van der Waals surface area (Å²) in [5.74, 6) is 0.160. The second-order valence-corrected chi connectivity index (χ2v) is 5.79. The molecule has 2 aromatic rings. The molecule has 0 saturated carbocycles. The molecule has 0 aliphatic heterocycles. The average molecular weight is 357 g/mol. The molecular weight excluding hydrogens is 339 g/mol. The van der Waals surface area contributed by atoms with Crippen molar-refractivity contribution in [2.24, 2.45) is 0 Å². The number of aromatic nitrogens is 3. The van der Waals surface area contributed by atoms with E-state index in [0.29, 0.717) is 36.0 Å². The number of nitrogens with zero attached hydrogens (tertiary/aromatic N) is 3. The molecule has 114 valence electrons. The summed E-state index contributed by atoms with van der Waals surface area (Å²) in [6.07, 6.45) is 1.88. The fourth-order valence-electron chi connectivity index (χ4n) is 1.66. The van der Waals surface area contributed by atoms with Gasteiger partial charge >= 0.3 is 0 Å². The van der Waals surface area contributed by atoms with E-state index in [4.69, 9.17) is 4.74 Å². The fourth-order valence-corrected chi connectivity index (χ4v) is 1.91. The van der Waals surface area contributed by atoms with Crippen molar-refractivity contribution in [3.63, 3.8) is 0 Å².